The normalized spacial score (nSPS) is 16.6. The number of carbonyl (C=O) groups excluding carboxylic acids is 1. The number of rotatable bonds is 7. The van der Waals surface area contributed by atoms with E-state index in [0.29, 0.717) is 11.8 Å². The number of likely N-dealkylation sites (tertiary alicyclic amines) is 1. The van der Waals surface area contributed by atoms with Crippen LogP contribution in [0, 0.1) is 0 Å². The summed E-state index contributed by atoms with van der Waals surface area (Å²) in [6.45, 7) is 5.65. The number of nitrogens with two attached hydrogens (primary N) is 1. The third-order valence-corrected chi connectivity index (χ3v) is 3.71. The summed E-state index contributed by atoms with van der Waals surface area (Å²) in [6, 6.07) is 8.20. The van der Waals surface area contributed by atoms with Crippen LogP contribution >= 0.6 is 0 Å². The standard InChI is InChI=1S/C16H25N3O2/c1-2-8-19-9-6-13(7-10-19)18-14-4-3-5-15(11-14)21-12-16(17)20/h3-5,11,13,18H,2,6-10,12H2,1H3,(H2,17,20). The number of ether oxygens (including phenoxy) is 1. The van der Waals surface area contributed by atoms with Crippen molar-refractivity contribution in [1.29, 1.82) is 0 Å². The van der Waals surface area contributed by atoms with Gasteiger partial charge in [-0.05, 0) is 37.9 Å². The van der Waals surface area contributed by atoms with E-state index in [-0.39, 0.29) is 6.61 Å². The Morgan fingerprint density at radius 3 is 2.86 bits per heavy atom. The zero-order valence-corrected chi connectivity index (χ0v) is 12.7. The Balaban J connectivity index is 1.83. The van der Waals surface area contributed by atoms with E-state index in [1.54, 1.807) is 0 Å². The van der Waals surface area contributed by atoms with Gasteiger partial charge in [-0.1, -0.05) is 13.0 Å². The van der Waals surface area contributed by atoms with Gasteiger partial charge < -0.3 is 20.7 Å². The average molecular weight is 291 g/mol. The number of piperidine rings is 1. The van der Waals surface area contributed by atoms with Crippen LogP contribution in [0.1, 0.15) is 26.2 Å². The van der Waals surface area contributed by atoms with Crippen molar-refractivity contribution in [2.75, 3.05) is 31.6 Å². The molecule has 1 saturated heterocycles. The van der Waals surface area contributed by atoms with Crippen LogP contribution < -0.4 is 15.8 Å². The molecule has 0 radical (unpaired) electrons. The van der Waals surface area contributed by atoms with Crippen molar-refractivity contribution in [2.24, 2.45) is 5.73 Å². The van der Waals surface area contributed by atoms with Gasteiger partial charge in [0.05, 0.1) is 0 Å². The lowest BCUT2D eigenvalue weighted by Gasteiger charge is -2.32. The molecule has 0 atom stereocenters. The first-order chi connectivity index (χ1) is 10.2. The second-order valence-electron chi connectivity index (χ2n) is 5.54. The van der Waals surface area contributed by atoms with Crippen molar-refractivity contribution >= 4 is 11.6 Å². The third kappa shape index (κ3) is 5.27. The smallest absolute Gasteiger partial charge is 0.255 e. The molecule has 0 aromatic heterocycles. The highest BCUT2D eigenvalue weighted by Gasteiger charge is 2.18. The predicted octanol–water partition coefficient (Wildman–Crippen LogP) is 1.84. The van der Waals surface area contributed by atoms with E-state index in [9.17, 15) is 4.79 Å². The van der Waals surface area contributed by atoms with E-state index in [4.69, 9.17) is 10.5 Å². The number of amides is 1. The maximum absolute atomic E-state index is 10.7. The summed E-state index contributed by atoms with van der Waals surface area (Å²) in [7, 11) is 0. The Hall–Kier alpha value is -1.75. The van der Waals surface area contributed by atoms with E-state index in [0.717, 1.165) is 31.6 Å². The number of hydrogen-bond acceptors (Lipinski definition) is 4. The van der Waals surface area contributed by atoms with E-state index in [1.165, 1.54) is 13.0 Å². The largest absolute Gasteiger partial charge is 0.484 e. The Morgan fingerprint density at radius 2 is 2.19 bits per heavy atom. The summed E-state index contributed by atoms with van der Waals surface area (Å²) < 4.78 is 5.32. The van der Waals surface area contributed by atoms with Crippen LogP contribution in [-0.4, -0.2) is 43.1 Å². The first-order valence-electron chi connectivity index (χ1n) is 7.67. The van der Waals surface area contributed by atoms with Gasteiger partial charge in [-0.15, -0.1) is 0 Å². The minimum atomic E-state index is -0.461. The highest BCUT2D eigenvalue weighted by molar-refractivity contribution is 5.75. The summed E-state index contributed by atoms with van der Waals surface area (Å²) in [5, 5.41) is 3.55. The molecule has 1 aromatic rings. The Bertz CT molecular complexity index is 457. The summed E-state index contributed by atoms with van der Waals surface area (Å²) >= 11 is 0. The van der Waals surface area contributed by atoms with E-state index < -0.39 is 5.91 Å². The summed E-state index contributed by atoms with van der Waals surface area (Å²) in [5.74, 6) is 0.207. The van der Waals surface area contributed by atoms with Gasteiger partial charge in [-0.25, -0.2) is 0 Å². The van der Waals surface area contributed by atoms with Gasteiger partial charge in [-0.3, -0.25) is 4.79 Å². The molecular formula is C16H25N3O2. The molecule has 1 amide bonds. The zero-order chi connectivity index (χ0) is 15.1. The molecule has 1 heterocycles. The van der Waals surface area contributed by atoms with Crippen LogP contribution in [0.3, 0.4) is 0 Å². The molecule has 5 heteroatoms. The molecule has 1 aliphatic rings. The lowest BCUT2D eigenvalue weighted by molar-refractivity contribution is -0.119. The molecule has 1 aliphatic heterocycles. The van der Waals surface area contributed by atoms with Gasteiger partial charge in [-0.2, -0.15) is 0 Å². The van der Waals surface area contributed by atoms with Gasteiger partial charge in [0.15, 0.2) is 6.61 Å². The number of nitrogens with zero attached hydrogens (tertiary/aromatic N) is 1. The van der Waals surface area contributed by atoms with E-state index in [1.807, 2.05) is 24.3 Å². The number of primary amides is 1. The number of hydrogen-bond donors (Lipinski definition) is 2. The summed E-state index contributed by atoms with van der Waals surface area (Å²) in [5.41, 5.74) is 6.11. The molecule has 2 rings (SSSR count). The van der Waals surface area contributed by atoms with Crippen molar-refractivity contribution in [3.05, 3.63) is 24.3 Å². The molecular weight excluding hydrogens is 266 g/mol. The average Bonchev–Trinajstić information content (AvgIpc) is 2.48. The number of nitrogens with one attached hydrogen (secondary N) is 1. The molecule has 116 valence electrons. The first kappa shape index (κ1) is 15.6. The van der Waals surface area contributed by atoms with Crippen LogP contribution in [0.2, 0.25) is 0 Å². The van der Waals surface area contributed by atoms with Crippen molar-refractivity contribution in [3.8, 4) is 5.75 Å². The fraction of sp³-hybridized carbons (Fsp3) is 0.562. The fourth-order valence-electron chi connectivity index (χ4n) is 2.68. The second-order valence-corrected chi connectivity index (χ2v) is 5.54. The quantitative estimate of drug-likeness (QED) is 0.804. The molecule has 1 fully saturated rings. The van der Waals surface area contributed by atoms with Crippen LogP contribution in [0.4, 0.5) is 5.69 Å². The number of benzene rings is 1. The lowest BCUT2D eigenvalue weighted by Crippen LogP contribution is -2.39. The van der Waals surface area contributed by atoms with Gasteiger partial charge in [0, 0.05) is 30.9 Å². The predicted molar refractivity (Wildman–Crippen MR) is 84.5 cm³/mol. The van der Waals surface area contributed by atoms with E-state index in [2.05, 4.69) is 17.1 Å². The van der Waals surface area contributed by atoms with Crippen LogP contribution in [0.15, 0.2) is 24.3 Å². The molecule has 0 unspecified atom stereocenters. The van der Waals surface area contributed by atoms with Gasteiger partial charge in [0.2, 0.25) is 0 Å². The minimum Gasteiger partial charge on any atom is -0.484 e. The maximum Gasteiger partial charge on any atom is 0.255 e. The number of anilines is 1. The number of carbonyl (C=O) groups is 1. The van der Waals surface area contributed by atoms with E-state index >= 15 is 0 Å². The SMILES string of the molecule is CCCN1CCC(Nc2cccc(OCC(N)=O)c2)CC1. The fourth-order valence-corrected chi connectivity index (χ4v) is 2.68. The Labute approximate surface area is 126 Å². The zero-order valence-electron chi connectivity index (χ0n) is 12.7. The first-order valence-corrected chi connectivity index (χ1v) is 7.67. The third-order valence-electron chi connectivity index (χ3n) is 3.71. The van der Waals surface area contributed by atoms with Crippen molar-refractivity contribution in [1.82, 2.24) is 4.90 Å². The highest BCUT2D eigenvalue weighted by Crippen LogP contribution is 2.21. The summed E-state index contributed by atoms with van der Waals surface area (Å²) in [6.07, 6.45) is 3.54. The van der Waals surface area contributed by atoms with Gasteiger partial charge in [0.1, 0.15) is 5.75 Å². The lowest BCUT2D eigenvalue weighted by atomic mass is 10.0. The van der Waals surface area contributed by atoms with Crippen molar-refractivity contribution < 1.29 is 9.53 Å². The molecule has 0 bridgehead atoms. The van der Waals surface area contributed by atoms with Gasteiger partial charge in [0.25, 0.3) is 5.91 Å². The van der Waals surface area contributed by atoms with Crippen LogP contribution in [0.5, 0.6) is 5.75 Å². The Morgan fingerprint density at radius 1 is 1.43 bits per heavy atom. The topological polar surface area (TPSA) is 67.6 Å². The molecule has 0 aliphatic carbocycles. The Kier molecular flexibility index (Phi) is 5.87. The van der Waals surface area contributed by atoms with Crippen molar-refractivity contribution in [2.45, 2.75) is 32.2 Å². The summed E-state index contributed by atoms with van der Waals surface area (Å²) in [4.78, 5) is 13.3. The highest BCUT2D eigenvalue weighted by atomic mass is 16.5. The maximum atomic E-state index is 10.7. The molecule has 1 aromatic carbocycles. The van der Waals surface area contributed by atoms with Crippen LogP contribution in [0.25, 0.3) is 0 Å². The molecule has 5 nitrogen and oxygen atoms in total. The van der Waals surface area contributed by atoms with Crippen LogP contribution in [-0.2, 0) is 4.79 Å². The minimum absolute atomic E-state index is 0.0845. The van der Waals surface area contributed by atoms with Crippen molar-refractivity contribution in [3.63, 3.8) is 0 Å². The molecule has 21 heavy (non-hydrogen) atoms. The van der Waals surface area contributed by atoms with Gasteiger partial charge >= 0.3 is 0 Å². The monoisotopic (exact) mass is 291 g/mol. The second kappa shape index (κ2) is 7.88. The molecule has 0 spiro atoms. The molecule has 0 saturated carbocycles. The molecule has 3 N–H and O–H groups in total.